The van der Waals surface area contributed by atoms with Crippen LogP contribution in [0.1, 0.15) is 93.8 Å². The van der Waals surface area contributed by atoms with E-state index in [4.69, 9.17) is 0 Å². The van der Waals surface area contributed by atoms with Gasteiger partial charge in [-0.1, -0.05) is 0 Å². The number of hydrogen-bond donors (Lipinski definition) is 0. The zero-order valence-corrected chi connectivity index (χ0v) is 31.0. The van der Waals surface area contributed by atoms with Crippen molar-refractivity contribution in [3.8, 4) is 11.1 Å². The Morgan fingerprint density at radius 1 is 0.674 bits per heavy atom. The maximum absolute atomic E-state index is 2.80. The van der Waals surface area contributed by atoms with Crippen LogP contribution < -0.4 is 24.8 Å². The van der Waals surface area contributed by atoms with Crippen LogP contribution in [-0.4, -0.2) is 3.71 Å². The molecule has 1 unspecified atom stereocenters. The van der Waals surface area contributed by atoms with Crippen molar-refractivity contribution >= 4 is 14.5 Å². The molecule has 0 aromatic heterocycles. The molecule has 1 atom stereocenters. The molecule has 222 valence electrons. The van der Waals surface area contributed by atoms with Crippen LogP contribution >= 0.6 is 0 Å². The number of halogens is 2. The Balaban J connectivity index is 0.00000212. The summed E-state index contributed by atoms with van der Waals surface area (Å²) in [5.41, 5.74) is 13.6. The summed E-state index contributed by atoms with van der Waals surface area (Å²) in [6.45, 7) is 21.2. The second-order valence-electron chi connectivity index (χ2n) is 14.4. The topological polar surface area (TPSA) is 0 Å². The molecule has 0 fully saturated rings. The average Bonchev–Trinajstić information content (AvgIpc) is 3.37. The fourth-order valence-corrected chi connectivity index (χ4v) is 15.9. The largest absolute Gasteiger partial charge is 1.00 e. The van der Waals surface area contributed by atoms with Gasteiger partial charge in [0.05, 0.1) is 0 Å². The summed E-state index contributed by atoms with van der Waals surface area (Å²) in [7, 11) is 0. The van der Waals surface area contributed by atoms with E-state index in [1.54, 1.807) is 20.0 Å². The van der Waals surface area contributed by atoms with Crippen molar-refractivity contribution in [3.63, 3.8) is 0 Å². The number of rotatable bonds is 3. The van der Waals surface area contributed by atoms with Crippen molar-refractivity contribution < 1.29 is 46.1 Å². The fraction of sp³-hybridized carbons (Fsp3) is 0.325. The molecule has 2 aliphatic rings. The van der Waals surface area contributed by atoms with Gasteiger partial charge in [-0.2, -0.15) is 0 Å². The van der Waals surface area contributed by atoms with Crippen molar-refractivity contribution in [2.75, 3.05) is 0 Å². The van der Waals surface area contributed by atoms with Gasteiger partial charge in [-0.3, -0.25) is 0 Å². The van der Waals surface area contributed by atoms with Crippen LogP contribution in [-0.2, 0) is 32.1 Å². The van der Waals surface area contributed by atoms with Crippen LogP contribution in [0.3, 0.4) is 0 Å². The molecule has 4 aromatic carbocycles. The predicted molar refractivity (Wildman–Crippen MR) is 176 cm³/mol. The quantitative estimate of drug-likeness (QED) is 0.289. The van der Waals surface area contributed by atoms with E-state index in [0.29, 0.717) is 9.54 Å². The molecule has 0 nitrogen and oxygen atoms in total. The Labute approximate surface area is 279 Å². The van der Waals surface area contributed by atoms with Gasteiger partial charge in [0.25, 0.3) is 0 Å². The third-order valence-corrected chi connectivity index (χ3v) is 17.6. The van der Waals surface area contributed by atoms with Gasteiger partial charge in [-0.25, -0.2) is 0 Å². The summed E-state index contributed by atoms with van der Waals surface area (Å²) in [4.78, 5) is 0. The van der Waals surface area contributed by atoms with Crippen molar-refractivity contribution in [1.29, 1.82) is 0 Å². The molecule has 0 saturated heterocycles. The summed E-state index contributed by atoms with van der Waals surface area (Å²) < 4.78 is 5.03. The first-order valence-electron chi connectivity index (χ1n) is 15.2. The van der Waals surface area contributed by atoms with Gasteiger partial charge < -0.3 is 24.8 Å². The van der Waals surface area contributed by atoms with E-state index in [-0.39, 0.29) is 35.6 Å². The Kier molecular flexibility index (Phi) is 9.75. The minimum absolute atomic E-state index is 0. The maximum atomic E-state index is 2.80. The molecule has 0 bridgehead atoms. The molecule has 0 radical (unpaired) electrons. The second-order valence-corrected chi connectivity index (χ2v) is 20.1. The van der Waals surface area contributed by atoms with Crippen molar-refractivity contribution in [3.05, 3.63) is 127 Å². The average molecular weight is 687 g/mol. The summed E-state index contributed by atoms with van der Waals surface area (Å²) >= 11 is -2.53. The van der Waals surface area contributed by atoms with E-state index in [0.717, 1.165) is 0 Å². The minimum atomic E-state index is -2.53. The van der Waals surface area contributed by atoms with Gasteiger partial charge in [0.2, 0.25) is 0 Å². The Morgan fingerprint density at radius 2 is 1.21 bits per heavy atom. The van der Waals surface area contributed by atoms with E-state index in [2.05, 4.69) is 151 Å². The number of benzene rings is 4. The Hall–Kier alpha value is -2.05. The summed E-state index contributed by atoms with van der Waals surface area (Å²) in [6, 6.07) is 30.7. The summed E-state index contributed by atoms with van der Waals surface area (Å²) in [6.07, 6.45) is 2.52. The van der Waals surface area contributed by atoms with Crippen LogP contribution in [0.25, 0.3) is 21.9 Å². The van der Waals surface area contributed by atoms with Gasteiger partial charge in [-0.05, 0) is 0 Å². The zero-order chi connectivity index (χ0) is 29.3. The Bertz CT molecular complexity index is 1720. The molecule has 0 aliphatic heterocycles. The first-order chi connectivity index (χ1) is 19.3. The predicted octanol–water partition coefficient (Wildman–Crippen LogP) is 4.85. The Morgan fingerprint density at radius 3 is 1.72 bits per heavy atom. The van der Waals surface area contributed by atoms with E-state index in [9.17, 15) is 0 Å². The third-order valence-electron chi connectivity index (χ3n) is 9.46. The maximum Gasteiger partial charge on any atom is -1.00 e. The first kappa shape index (κ1) is 33.8. The second kappa shape index (κ2) is 12.4. The van der Waals surface area contributed by atoms with Crippen LogP contribution in [0.15, 0.2) is 99.4 Å². The van der Waals surface area contributed by atoms with Gasteiger partial charge in [0, 0.05) is 0 Å². The van der Waals surface area contributed by atoms with Crippen molar-refractivity contribution in [2.24, 2.45) is 5.92 Å². The molecule has 43 heavy (non-hydrogen) atoms. The molecular weight excluding hydrogens is 643 g/mol. The molecule has 3 heteroatoms. The first-order valence-corrected chi connectivity index (χ1v) is 19.3. The molecule has 0 heterocycles. The molecule has 0 saturated carbocycles. The summed E-state index contributed by atoms with van der Waals surface area (Å²) in [5, 5.41) is 2.71. The summed E-state index contributed by atoms with van der Waals surface area (Å²) in [5.74, 6) is 0.505. The molecule has 4 aromatic rings. The van der Waals surface area contributed by atoms with E-state index < -0.39 is 21.3 Å². The van der Waals surface area contributed by atoms with Crippen LogP contribution in [0, 0.1) is 5.92 Å². The monoisotopic (exact) mass is 684 g/mol. The van der Waals surface area contributed by atoms with Gasteiger partial charge in [0.15, 0.2) is 0 Å². The van der Waals surface area contributed by atoms with E-state index in [1.165, 1.54) is 44.2 Å². The van der Waals surface area contributed by atoms with E-state index >= 15 is 0 Å². The number of allylic oxidation sites excluding steroid dienone is 4. The SMILES string of the molecule is CC1=CC(C)[C](/[Zr+2](=[CH]/c2cccc3ccccc23)[CH]2c3ccc(C(C)(C)C)cc3-c3cc(C(C)(C)C)ccc32)=C1C.[Cl-].[Cl-]. The van der Waals surface area contributed by atoms with Crippen molar-refractivity contribution in [2.45, 2.75) is 76.8 Å². The van der Waals surface area contributed by atoms with Gasteiger partial charge in [-0.15, -0.1) is 0 Å². The molecule has 0 spiro atoms. The molecular formula is C40H44Cl2Zr. The number of fused-ring (bicyclic) bond motifs is 4. The standard InChI is InChI=1S/C21H25.C11H8.C8H11.2ClH.Zr/c1-20(2,3)16-9-7-14-11-15-8-10-17(21(4,5)6)13-19(15)18(14)12-16;1-9-5-4-7-10-6-2-3-8-11(9)10;1-6-4-7(2)8(3)5-6;;;/h7-13H,1-6H3;1-8H;4,6H,1-3H3;2*1H;/q;;;;;+2/p-2. The molecule has 0 N–H and O–H groups in total. The molecule has 6 rings (SSSR count). The normalized spacial score (nSPS) is 16.5. The van der Waals surface area contributed by atoms with Gasteiger partial charge >= 0.3 is 257 Å². The molecule has 0 amide bonds. The van der Waals surface area contributed by atoms with Gasteiger partial charge in [0.1, 0.15) is 0 Å². The number of hydrogen-bond acceptors (Lipinski definition) is 0. The van der Waals surface area contributed by atoms with Crippen LogP contribution in [0.2, 0.25) is 0 Å². The fourth-order valence-electron chi connectivity index (χ4n) is 7.00. The van der Waals surface area contributed by atoms with Crippen molar-refractivity contribution in [1.82, 2.24) is 0 Å². The van der Waals surface area contributed by atoms with Crippen LogP contribution in [0.4, 0.5) is 0 Å². The molecule has 2 aliphatic carbocycles. The minimum Gasteiger partial charge on any atom is -1.00 e. The van der Waals surface area contributed by atoms with E-state index in [1.807, 2.05) is 0 Å². The van der Waals surface area contributed by atoms with Crippen LogP contribution in [0.5, 0.6) is 0 Å². The third kappa shape index (κ3) is 6.12. The zero-order valence-electron chi connectivity index (χ0n) is 27.1. The smallest absolute Gasteiger partial charge is 1.00 e.